The molecule has 3 aromatic heterocycles. The average molecular weight is 435 g/mol. The van der Waals surface area contributed by atoms with Crippen LogP contribution in [-0.2, 0) is 5.54 Å². The number of aryl methyl sites for hydroxylation is 1. The summed E-state index contributed by atoms with van der Waals surface area (Å²) in [6.07, 6.45) is 9.83. The van der Waals surface area contributed by atoms with Crippen molar-refractivity contribution >= 4 is 16.6 Å². The Morgan fingerprint density at radius 3 is 2.42 bits per heavy atom. The van der Waals surface area contributed by atoms with Gasteiger partial charge in [-0.3, -0.25) is 4.98 Å². The molecule has 5 aromatic rings. The molecule has 2 aromatic carbocycles. The molecule has 0 bridgehead atoms. The van der Waals surface area contributed by atoms with Crippen LogP contribution in [0.2, 0.25) is 0 Å². The van der Waals surface area contributed by atoms with Crippen LogP contribution in [0.3, 0.4) is 0 Å². The first-order chi connectivity index (χ1) is 16.1. The van der Waals surface area contributed by atoms with Crippen molar-refractivity contribution in [2.45, 2.75) is 44.6 Å². The van der Waals surface area contributed by atoms with Gasteiger partial charge in [-0.15, -0.1) is 0 Å². The zero-order chi connectivity index (χ0) is 22.4. The normalized spacial score (nSPS) is 15.8. The molecule has 164 valence electrons. The van der Waals surface area contributed by atoms with Crippen molar-refractivity contribution in [1.29, 1.82) is 0 Å². The van der Waals surface area contributed by atoms with Gasteiger partial charge in [-0.2, -0.15) is 0 Å². The highest BCUT2D eigenvalue weighted by molar-refractivity contribution is 5.92. The van der Waals surface area contributed by atoms with E-state index in [1.54, 1.807) is 0 Å². The Labute approximate surface area is 193 Å². The molecule has 1 fully saturated rings. The second-order valence-electron chi connectivity index (χ2n) is 9.25. The smallest absolute Gasteiger partial charge is 0.280 e. The number of aromatic nitrogens is 4. The maximum Gasteiger partial charge on any atom is 0.280 e. The Morgan fingerprint density at radius 1 is 0.909 bits per heavy atom. The number of nitrogens with zero attached hydrogens (tertiary/aromatic N) is 4. The number of pyridine rings is 2. The second kappa shape index (κ2) is 7.78. The van der Waals surface area contributed by atoms with E-state index < -0.39 is 0 Å². The monoisotopic (exact) mass is 434 g/mol. The Balaban J connectivity index is 1.50. The Bertz CT molecular complexity index is 1450. The van der Waals surface area contributed by atoms with Crippen LogP contribution in [0.25, 0.3) is 33.4 Å². The third-order valence-corrected chi connectivity index (χ3v) is 7.10. The number of nitrogens with two attached hydrogens (primary N) is 1. The molecular weight excluding hydrogens is 406 g/mol. The highest BCUT2D eigenvalue weighted by Gasteiger charge is 2.30. The molecule has 1 aliphatic carbocycles. The second-order valence-corrected chi connectivity index (χ2v) is 9.25. The van der Waals surface area contributed by atoms with Crippen molar-refractivity contribution in [2.24, 2.45) is 5.73 Å². The van der Waals surface area contributed by atoms with Crippen molar-refractivity contribution in [2.75, 3.05) is 0 Å². The van der Waals surface area contributed by atoms with E-state index in [-0.39, 0.29) is 5.54 Å². The van der Waals surface area contributed by atoms with Crippen LogP contribution in [0.1, 0.15) is 43.5 Å². The highest BCUT2D eigenvalue weighted by atomic mass is 15.4. The lowest BCUT2D eigenvalue weighted by Gasteiger charge is -2.33. The van der Waals surface area contributed by atoms with E-state index >= 15 is 0 Å². The van der Waals surface area contributed by atoms with E-state index in [9.17, 15) is 0 Å². The Hall–Kier alpha value is -3.57. The van der Waals surface area contributed by atoms with Gasteiger partial charge in [0.15, 0.2) is 0 Å². The molecule has 5 heteroatoms. The lowest BCUT2D eigenvalue weighted by atomic mass is 9.77. The molecule has 0 saturated heterocycles. The number of hydrogen-bond donors (Lipinski definition) is 1. The summed E-state index contributed by atoms with van der Waals surface area (Å²) in [5.74, 6) is 0.934. The van der Waals surface area contributed by atoms with Gasteiger partial charge >= 0.3 is 0 Å². The van der Waals surface area contributed by atoms with E-state index in [0.717, 1.165) is 52.0 Å². The lowest BCUT2D eigenvalue weighted by molar-refractivity contribution is -0.519. The lowest BCUT2D eigenvalue weighted by Crippen LogP contribution is -2.38. The first-order valence-corrected chi connectivity index (χ1v) is 11.8. The molecular formula is C28H28N5+. The van der Waals surface area contributed by atoms with Gasteiger partial charge in [-0.25, -0.2) is 4.40 Å². The van der Waals surface area contributed by atoms with Crippen LogP contribution in [0.15, 0.2) is 79.1 Å². The van der Waals surface area contributed by atoms with Crippen LogP contribution in [0.4, 0.5) is 0 Å². The van der Waals surface area contributed by atoms with E-state index in [4.69, 9.17) is 15.8 Å². The van der Waals surface area contributed by atoms with Crippen molar-refractivity contribution in [1.82, 2.24) is 14.8 Å². The van der Waals surface area contributed by atoms with Gasteiger partial charge in [0.25, 0.3) is 11.5 Å². The topological polar surface area (TPSA) is 60.8 Å². The fraction of sp³-hybridized carbons (Fsp3) is 0.250. The number of hydrogen-bond acceptors (Lipinski definition) is 3. The molecule has 0 unspecified atom stereocenters. The Morgan fingerprint density at radius 2 is 1.67 bits per heavy atom. The summed E-state index contributed by atoms with van der Waals surface area (Å²) in [7, 11) is 0. The molecule has 2 N–H and O–H groups in total. The van der Waals surface area contributed by atoms with Gasteiger partial charge in [0, 0.05) is 29.3 Å². The van der Waals surface area contributed by atoms with Gasteiger partial charge in [-0.05, 0) is 48.2 Å². The third-order valence-electron chi connectivity index (χ3n) is 7.10. The standard InChI is InChI=1S/C28H28N5/c1-20-31-33(24-12-10-23(11-13-24)28(29)15-6-3-7-16-28)27-25-18-22(21-8-4-2-5-9-21)19-30-26(25)14-17-32(20)27/h2,4-5,8-14,17-19H,3,6-7,15-16,29H2,1H3/q+1. The predicted molar refractivity (Wildman–Crippen MR) is 131 cm³/mol. The van der Waals surface area contributed by atoms with E-state index in [1.165, 1.54) is 24.8 Å². The van der Waals surface area contributed by atoms with Crippen molar-refractivity contribution < 1.29 is 4.40 Å². The van der Waals surface area contributed by atoms with Crippen LogP contribution in [0.5, 0.6) is 0 Å². The molecule has 3 heterocycles. The number of rotatable bonds is 3. The number of fused-ring (bicyclic) bond motifs is 3. The average Bonchev–Trinajstić information content (AvgIpc) is 3.22. The van der Waals surface area contributed by atoms with Gasteiger partial charge in [0.2, 0.25) is 0 Å². The quantitative estimate of drug-likeness (QED) is 0.394. The first-order valence-electron chi connectivity index (χ1n) is 11.8. The fourth-order valence-electron chi connectivity index (χ4n) is 5.22. The molecule has 0 spiro atoms. The van der Waals surface area contributed by atoms with Crippen molar-refractivity contribution in [3.05, 3.63) is 90.5 Å². The van der Waals surface area contributed by atoms with Crippen LogP contribution >= 0.6 is 0 Å². The molecule has 0 radical (unpaired) electrons. The summed E-state index contributed by atoms with van der Waals surface area (Å²) in [4.78, 5) is 4.77. The van der Waals surface area contributed by atoms with Crippen LogP contribution < -0.4 is 10.1 Å². The van der Waals surface area contributed by atoms with Gasteiger partial charge in [0.05, 0.1) is 17.1 Å². The van der Waals surface area contributed by atoms with E-state index in [1.807, 2.05) is 23.9 Å². The van der Waals surface area contributed by atoms with Crippen LogP contribution in [-0.4, -0.2) is 14.8 Å². The minimum atomic E-state index is -0.200. The maximum absolute atomic E-state index is 6.78. The molecule has 6 rings (SSSR count). The Kier molecular flexibility index (Phi) is 4.73. The van der Waals surface area contributed by atoms with Crippen molar-refractivity contribution in [3.8, 4) is 16.8 Å². The third kappa shape index (κ3) is 3.40. The van der Waals surface area contributed by atoms with Crippen molar-refractivity contribution in [3.63, 3.8) is 0 Å². The maximum atomic E-state index is 6.78. The molecule has 0 atom stereocenters. The predicted octanol–water partition coefficient (Wildman–Crippen LogP) is 5.25. The van der Waals surface area contributed by atoms with E-state index in [0.29, 0.717) is 0 Å². The van der Waals surface area contributed by atoms with Gasteiger partial charge in [-0.1, -0.05) is 66.4 Å². The largest absolute Gasteiger partial charge is 0.321 e. The summed E-state index contributed by atoms with van der Waals surface area (Å²) in [6, 6.07) is 23.3. The molecule has 0 amide bonds. The van der Waals surface area contributed by atoms with E-state index in [2.05, 4.69) is 71.3 Å². The zero-order valence-corrected chi connectivity index (χ0v) is 18.9. The minimum absolute atomic E-state index is 0.200. The van der Waals surface area contributed by atoms with Gasteiger partial charge in [0.1, 0.15) is 5.69 Å². The minimum Gasteiger partial charge on any atom is -0.321 e. The first kappa shape index (κ1) is 20.1. The zero-order valence-electron chi connectivity index (χ0n) is 18.9. The molecule has 5 nitrogen and oxygen atoms in total. The SMILES string of the molecule is Cc1nn(-c2ccc(C3(N)CCCCC3)cc2)c2c3cc(-c4ccccc4)cnc3cc[n+]12. The summed E-state index contributed by atoms with van der Waals surface area (Å²) < 4.78 is 4.17. The highest BCUT2D eigenvalue weighted by Crippen LogP contribution is 2.35. The summed E-state index contributed by atoms with van der Waals surface area (Å²) in [6.45, 7) is 2.04. The van der Waals surface area contributed by atoms with Crippen LogP contribution in [0, 0.1) is 6.92 Å². The molecule has 33 heavy (non-hydrogen) atoms. The fourth-order valence-corrected chi connectivity index (χ4v) is 5.22. The van der Waals surface area contributed by atoms with Gasteiger partial charge < -0.3 is 5.73 Å². The summed E-state index contributed by atoms with van der Waals surface area (Å²) in [5, 5.41) is 5.97. The molecule has 1 saturated carbocycles. The number of benzene rings is 2. The molecule has 1 aliphatic rings. The summed E-state index contributed by atoms with van der Waals surface area (Å²) in [5.41, 5.74) is 13.1. The molecule has 0 aliphatic heterocycles. The summed E-state index contributed by atoms with van der Waals surface area (Å²) >= 11 is 0.